The predicted molar refractivity (Wildman–Crippen MR) is 91.2 cm³/mol. The zero-order chi connectivity index (χ0) is 16.2. The van der Waals surface area contributed by atoms with Gasteiger partial charge in [0.05, 0.1) is 11.0 Å². The van der Waals surface area contributed by atoms with Crippen LogP contribution in [0.1, 0.15) is 50.7 Å². The lowest BCUT2D eigenvalue weighted by molar-refractivity contribution is 0.0553. The minimum Gasteiger partial charge on any atom is -0.334 e. The van der Waals surface area contributed by atoms with Gasteiger partial charge in [-0.3, -0.25) is 4.79 Å². The Hall–Kier alpha value is -1.84. The quantitative estimate of drug-likeness (QED) is 0.869. The van der Waals surface area contributed by atoms with Crippen LogP contribution < -0.4 is 0 Å². The number of likely N-dealkylation sites (tertiary alicyclic amines) is 1. The number of hydrogen-bond donors (Lipinski definition) is 1. The molecule has 2 fully saturated rings. The number of fused-ring (bicyclic) bond motifs is 2. The maximum atomic E-state index is 13.1. The molecular formula is C19H25N3O. The summed E-state index contributed by atoms with van der Waals surface area (Å²) in [5.41, 5.74) is 1.90. The van der Waals surface area contributed by atoms with Crippen LogP contribution in [0.3, 0.4) is 0 Å². The molecule has 0 radical (unpaired) electrons. The smallest absolute Gasteiger partial charge is 0.289 e. The average Bonchev–Trinajstić information content (AvgIpc) is 3.17. The van der Waals surface area contributed by atoms with Gasteiger partial charge in [-0.1, -0.05) is 39.3 Å². The Morgan fingerprint density at radius 3 is 2.78 bits per heavy atom. The summed E-state index contributed by atoms with van der Waals surface area (Å²) in [7, 11) is 0. The van der Waals surface area contributed by atoms with Crippen molar-refractivity contribution in [3.8, 4) is 0 Å². The van der Waals surface area contributed by atoms with Crippen LogP contribution in [-0.4, -0.2) is 33.4 Å². The third-order valence-corrected chi connectivity index (χ3v) is 5.63. The van der Waals surface area contributed by atoms with Gasteiger partial charge in [-0.05, 0) is 42.2 Å². The highest BCUT2D eigenvalue weighted by atomic mass is 16.2. The second-order valence-corrected chi connectivity index (χ2v) is 8.23. The topological polar surface area (TPSA) is 49.0 Å². The molecule has 3 atom stereocenters. The zero-order valence-electron chi connectivity index (χ0n) is 14.2. The standard InChI is InChI=1S/C19H25N3O/c1-19(2,3)16-13-8-6-7-12(13)11-22(16)18(23)17-20-14-9-4-5-10-15(14)21-17/h4-5,9-10,12-13,16H,6-8,11H2,1-3H3,(H,20,21)/t12-,13-,16-/m0/s1. The molecule has 1 aliphatic carbocycles. The number of nitrogens with zero attached hydrogens (tertiary/aromatic N) is 2. The molecule has 1 saturated carbocycles. The highest BCUT2D eigenvalue weighted by Crippen LogP contribution is 2.48. The molecule has 1 aromatic heterocycles. The summed E-state index contributed by atoms with van der Waals surface area (Å²) in [5, 5.41) is 0. The van der Waals surface area contributed by atoms with E-state index in [4.69, 9.17) is 0 Å². The molecule has 4 rings (SSSR count). The molecule has 0 spiro atoms. The largest absolute Gasteiger partial charge is 0.334 e. The number of hydrogen-bond acceptors (Lipinski definition) is 2. The van der Waals surface area contributed by atoms with Crippen LogP contribution in [0.15, 0.2) is 24.3 Å². The van der Waals surface area contributed by atoms with Crippen LogP contribution >= 0.6 is 0 Å². The molecule has 1 amide bonds. The minimum atomic E-state index is 0.0653. The molecule has 1 N–H and O–H groups in total. The first kappa shape index (κ1) is 14.7. The minimum absolute atomic E-state index is 0.0653. The molecule has 122 valence electrons. The van der Waals surface area contributed by atoms with Gasteiger partial charge in [0.15, 0.2) is 5.82 Å². The van der Waals surface area contributed by atoms with Crippen molar-refractivity contribution in [2.45, 2.75) is 46.1 Å². The van der Waals surface area contributed by atoms with Crippen LogP contribution in [0.4, 0.5) is 0 Å². The fraction of sp³-hybridized carbons (Fsp3) is 0.579. The van der Waals surface area contributed by atoms with Crippen LogP contribution in [-0.2, 0) is 0 Å². The van der Waals surface area contributed by atoms with E-state index in [0.717, 1.165) is 17.6 Å². The van der Waals surface area contributed by atoms with Crippen molar-refractivity contribution < 1.29 is 4.79 Å². The summed E-state index contributed by atoms with van der Waals surface area (Å²) in [4.78, 5) is 23.0. The summed E-state index contributed by atoms with van der Waals surface area (Å²) < 4.78 is 0. The van der Waals surface area contributed by atoms with Gasteiger partial charge < -0.3 is 9.88 Å². The Balaban J connectivity index is 1.69. The Kier molecular flexibility index (Phi) is 3.26. The SMILES string of the molecule is CC(C)(C)[C@@H]1[C@H]2CCC[C@H]2CN1C(=O)c1nc2ccccc2[nH]1. The van der Waals surface area contributed by atoms with Gasteiger partial charge in [-0.15, -0.1) is 0 Å². The van der Waals surface area contributed by atoms with Crippen molar-refractivity contribution in [1.29, 1.82) is 0 Å². The van der Waals surface area contributed by atoms with Crippen molar-refractivity contribution in [2.24, 2.45) is 17.3 Å². The number of aromatic amines is 1. The number of H-pyrrole nitrogens is 1. The number of para-hydroxylation sites is 2. The molecule has 23 heavy (non-hydrogen) atoms. The van der Waals surface area contributed by atoms with Gasteiger partial charge in [0, 0.05) is 12.6 Å². The first-order chi connectivity index (χ1) is 10.9. The van der Waals surface area contributed by atoms with Gasteiger partial charge in [0.2, 0.25) is 0 Å². The summed E-state index contributed by atoms with van der Waals surface area (Å²) >= 11 is 0. The van der Waals surface area contributed by atoms with Gasteiger partial charge in [-0.25, -0.2) is 4.98 Å². The molecular weight excluding hydrogens is 286 g/mol. The fourth-order valence-electron chi connectivity index (χ4n) is 4.81. The van der Waals surface area contributed by atoms with E-state index in [0.29, 0.717) is 23.7 Å². The molecule has 4 heteroatoms. The maximum absolute atomic E-state index is 13.1. The summed E-state index contributed by atoms with van der Waals surface area (Å²) in [6.45, 7) is 7.67. The maximum Gasteiger partial charge on any atom is 0.289 e. The van der Waals surface area contributed by atoms with Crippen LogP contribution in [0.5, 0.6) is 0 Å². The fourth-order valence-corrected chi connectivity index (χ4v) is 4.81. The number of amides is 1. The molecule has 1 aliphatic heterocycles. The van der Waals surface area contributed by atoms with E-state index in [1.54, 1.807) is 0 Å². The number of aromatic nitrogens is 2. The Bertz CT molecular complexity index is 709. The van der Waals surface area contributed by atoms with Crippen LogP contribution in [0.25, 0.3) is 11.0 Å². The molecule has 1 aromatic carbocycles. The Morgan fingerprint density at radius 1 is 1.26 bits per heavy atom. The monoisotopic (exact) mass is 311 g/mol. The Labute approximate surface area is 137 Å². The van der Waals surface area contributed by atoms with E-state index in [1.807, 2.05) is 24.3 Å². The average molecular weight is 311 g/mol. The van der Waals surface area contributed by atoms with Crippen molar-refractivity contribution in [2.75, 3.05) is 6.54 Å². The molecule has 2 heterocycles. The van der Waals surface area contributed by atoms with Gasteiger partial charge >= 0.3 is 0 Å². The number of carbonyl (C=O) groups excluding carboxylic acids is 1. The first-order valence-electron chi connectivity index (χ1n) is 8.71. The molecule has 0 bridgehead atoms. The number of imidazole rings is 1. The van der Waals surface area contributed by atoms with E-state index in [2.05, 4.69) is 35.6 Å². The van der Waals surface area contributed by atoms with Crippen molar-refractivity contribution in [1.82, 2.24) is 14.9 Å². The lowest BCUT2D eigenvalue weighted by atomic mass is 9.77. The summed E-state index contributed by atoms with van der Waals surface area (Å²) in [6.07, 6.45) is 3.84. The molecule has 4 nitrogen and oxygen atoms in total. The molecule has 2 aliphatic rings. The number of rotatable bonds is 1. The lowest BCUT2D eigenvalue weighted by Gasteiger charge is -2.37. The van der Waals surface area contributed by atoms with Crippen molar-refractivity contribution in [3.05, 3.63) is 30.1 Å². The first-order valence-corrected chi connectivity index (χ1v) is 8.71. The van der Waals surface area contributed by atoms with Gasteiger partial charge in [0.25, 0.3) is 5.91 Å². The number of benzene rings is 1. The molecule has 0 unspecified atom stereocenters. The summed E-state index contributed by atoms with van der Waals surface area (Å²) in [5.74, 6) is 1.88. The van der Waals surface area contributed by atoms with E-state index in [9.17, 15) is 4.79 Å². The van der Waals surface area contributed by atoms with Gasteiger partial charge in [-0.2, -0.15) is 0 Å². The van der Waals surface area contributed by atoms with E-state index in [1.165, 1.54) is 19.3 Å². The number of nitrogens with one attached hydrogen (secondary N) is 1. The molecule has 2 aromatic rings. The normalized spacial score (nSPS) is 27.6. The summed E-state index contributed by atoms with van der Waals surface area (Å²) in [6, 6.07) is 8.15. The van der Waals surface area contributed by atoms with Crippen molar-refractivity contribution >= 4 is 16.9 Å². The molecule has 1 saturated heterocycles. The number of carbonyl (C=O) groups is 1. The van der Waals surface area contributed by atoms with Crippen LogP contribution in [0.2, 0.25) is 0 Å². The lowest BCUT2D eigenvalue weighted by Crippen LogP contribution is -2.46. The second kappa shape index (κ2) is 5.08. The zero-order valence-corrected chi connectivity index (χ0v) is 14.2. The van der Waals surface area contributed by atoms with Crippen molar-refractivity contribution in [3.63, 3.8) is 0 Å². The van der Waals surface area contributed by atoms with Crippen LogP contribution in [0, 0.1) is 17.3 Å². The third-order valence-electron chi connectivity index (χ3n) is 5.63. The van der Waals surface area contributed by atoms with Gasteiger partial charge in [0.1, 0.15) is 0 Å². The third kappa shape index (κ3) is 2.35. The predicted octanol–water partition coefficient (Wildman–Crippen LogP) is 3.85. The second-order valence-electron chi connectivity index (χ2n) is 8.23. The highest BCUT2D eigenvalue weighted by Gasteiger charge is 2.50. The highest BCUT2D eigenvalue weighted by molar-refractivity contribution is 5.94. The Morgan fingerprint density at radius 2 is 2.04 bits per heavy atom. The van der Waals surface area contributed by atoms with E-state index in [-0.39, 0.29) is 11.3 Å². The van der Waals surface area contributed by atoms with E-state index < -0.39 is 0 Å². The van der Waals surface area contributed by atoms with E-state index >= 15 is 0 Å².